The molecule has 0 aromatic heterocycles. The first kappa shape index (κ1) is 7.08. The molecule has 0 saturated carbocycles. The molecule has 8 heavy (non-hydrogen) atoms. The first-order chi connectivity index (χ1) is 3.63. The molecular weight excluding hydrogens is 100 g/mol. The van der Waals surface area contributed by atoms with Crippen LogP contribution >= 0.6 is 0 Å². The lowest BCUT2D eigenvalue weighted by atomic mass is 10.6. The van der Waals surface area contributed by atoms with Gasteiger partial charge in [0.25, 0.3) is 0 Å². The fourth-order valence-electron chi connectivity index (χ4n) is 0.171. The molecule has 0 unspecified atom stereocenters. The lowest BCUT2D eigenvalue weighted by Crippen LogP contribution is -1.61. The van der Waals surface area contributed by atoms with E-state index in [9.17, 15) is 0 Å². The average molecular weight is 110 g/mol. The van der Waals surface area contributed by atoms with Crippen LogP contribution in [0.15, 0.2) is 34.8 Å². The van der Waals surface area contributed by atoms with Crippen molar-refractivity contribution < 1.29 is 0 Å². The third-order valence-electron chi connectivity index (χ3n) is 0.391. The summed E-state index contributed by atoms with van der Waals surface area (Å²) >= 11 is 0. The summed E-state index contributed by atoms with van der Waals surface area (Å²) < 4.78 is 0. The molecule has 2 heteroatoms. The van der Waals surface area contributed by atoms with Gasteiger partial charge in [-0.05, 0) is 13.8 Å². The number of allylic oxidation sites excluding steroid dienone is 2. The molecule has 0 saturated heterocycles. The highest BCUT2D eigenvalue weighted by Gasteiger charge is 1.74. The summed E-state index contributed by atoms with van der Waals surface area (Å²) in [6.45, 7) is 10.6. The molecule has 0 aromatic rings. The first-order valence-corrected chi connectivity index (χ1v) is 2.35. The van der Waals surface area contributed by atoms with Gasteiger partial charge in [-0.3, -0.25) is 0 Å². The largest absolute Gasteiger partial charge is 0.156 e. The minimum atomic E-state index is 0.702. The Morgan fingerprint density at radius 3 is 1.38 bits per heavy atom. The monoisotopic (exact) mass is 110 g/mol. The van der Waals surface area contributed by atoms with Crippen LogP contribution in [0.2, 0.25) is 0 Å². The van der Waals surface area contributed by atoms with E-state index in [1.807, 2.05) is 0 Å². The minimum Gasteiger partial charge on any atom is -0.156 e. The van der Waals surface area contributed by atoms with Crippen molar-refractivity contribution in [1.29, 1.82) is 0 Å². The maximum absolute atomic E-state index is 3.66. The zero-order valence-electron chi connectivity index (χ0n) is 5.31. The van der Waals surface area contributed by atoms with E-state index in [4.69, 9.17) is 0 Å². The Balaban J connectivity index is 3.67. The summed E-state index contributed by atoms with van der Waals surface area (Å²) in [6, 6.07) is 0. The van der Waals surface area contributed by atoms with Crippen LogP contribution in [0.25, 0.3) is 0 Å². The van der Waals surface area contributed by atoms with Gasteiger partial charge in [-0.15, -0.1) is 0 Å². The van der Waals surface area contributed by atoms with Crippen molar-refractivity contribution in [3.05, 3.63) is 24.6 Å². The standard InChI is InChI=1S/C6H10N2/c1-5(2)7-8-6(3)4/h1,3H2,2,4H3/b8-7-. The SMILES string of the molecule is C=C(C)/N=N\C(=C)C. The minimum absolute atomic E-state index is 0.702. The predicted octanol–water partition coefficient (Wildman–Crippen LogP) is 2.51. The Kier molecular flexibility index (Phi) is 2.77. The van der Waals surface area contributed by atoms with Gasteiger partial charge in [-0.25, -0.2) is 0 Å². The van der Waals surface area contributed by atoms with Crippen LogP contribution < -0.4 is 0 Å². The molecule has 0 aliphatic carbocycles. The van der Waals surface area contributed by atoms with E-state index in [2.05, 4.69) is 23.4 Å². The molecule has 0 amide bonds. The molecule has 0 N–H and O–H groups in total. The molecule has 0 atom stereocenters. The summed E-state index contributed by atoms with van der Waals surface area (Å²) in [6.07, 6.45) is 0. The van der Waals surface area contributed by atoms with Gasteiger partial charge < -0.3 is 0 Å². The molecule has 0 heterocycles. The van der Waals surface area contributed by atoms with Gasteiger partial charge in [0.15, 0.2) is 0 Å². The van der Waals surface area contributed by atoms with Crippen LogP contribution in [0.4, 0.5) is 0 Å². The predicted molar refractivity (Wildman–Crippen MR) is 34.5 cm³/mol. The van der Waals surface area contributed by atoms with Gasteiger partial charge in [-0.2, -0.15) is 10.2 Å². The van der Waals surface area contributed by atoms with E-state index in [-0.39, 0.29) is 0 Å². The Labute approximate surface area is 49.6 Å². The maximum atomic E-state index is 3.66. The number of rotatable bonds is 2. The van der Waals surface area contributed by atoms with Crippen LogP contribution in [-0.4, -0.2) is 0 Å². The Hall–Kier alpha value is -0.920. The number of hydrogen-bond donors (Lipinski definition) is 0. The third kappa shape index (κ3) is 5.08. The fourth-order valence-corrected chi connectivity index (χ4v) is 0.171. The first-order valence-electron chi connectivity index (χ1n) is 2.35. The molecule has 0 aromatic carbocycles. The van der Waals surface area contributed by atoms with Crippen molar-refractivity contribution in [2.45, 2.75) is 13.8 Å². The van der Waals surface area contributed by atoms with Crippen molar-refractivity contribution >= 4 is 0 Å². The van der Waals surface area contributed by atoms with Crippen molar-refractivity contribution in [2.75, 3.05) is 0 Å². The highest BCUT2D eigenvalue weighted by molar-refractivity contribution is 4.88. The Morgan fingerprint density at radius 1 is 1.00 bits per heavy atom. The molecule has 0 aliphatic rings. The Bertz CT molecular complexity index is 117. The molecule has 0 radical (unpaired) electrons. The van der Waals surface area contributed by atoms with E-state index in [1.54, 1.807) is 13.8 Å². The lowest BCUT2D eigenvalue weighted by molar-refractivity contribution is 1.07. The summed E-state index contributed by atoms with van der Waals surface area (Å²) in [5.74, 6) is 0. The van der Waals surface area contributed by atoms with Gasteiger partial charge in [0.1, 0.15) is 0 Å². The summed E-state index contributed by atoms with van der Waals surface area (Å²) in [5.41, 5.74) is 1.40. The molecule has 0 fully saturated rings. The van der Waals surface area contributed by atoms with Gasteiger partial charge in [0.2, 0.25) is 0 Å². The number of nitrogens with zero attached hydrogens (tertiary/aromatic N) is 2. The zero-order valence-corrected chi connectivity index (χ0v) is 5.31. The smallest absolute Gasteiger partial charge is 0.0528 e. The molecule has 0 spiro atoms. The average Bonchev–Trinajstić information content (AvgIpc) is 1.61. The van der Waals surface area contributed by atoms with Crippen LogP contribution in [0.3, 0.4) is 0 Å². The van der Waals surface area contributed by atoms with Gasteiger partial charge in [0.05, 0.1) is 11.4 Å². The second-order valence-corrected chi connectivity index (χ2v) is 1.67. The van der Waals surface area contributed by atoms with E-state index in [0.717, 1.165) is 0 Å². The van der Waals surface area contributed by atoms with E-state index in [1.165, 1.54) is 0 Å². The van der Waals surface area contributed by atoms with Crippen LogP contribution in [-0.2, 0) is 0 Å². The van der Waals surface area contributed by atoms with E-state index < -0.39 is 0 Å². The molecular formula is C6H10N2. The van der Waals surface area contributed by atoms with Crippen molar-refractivity contribution in [3.63, 3.8) is 0 Å². The van der Waals surface area contributed by atoms with Crippen LogP contribution in [0.5, 0.6) is 0 Å². The third-order valence-corrected chi connectivity index (χ3v) is 0.391. The normalized spacial score (nSPS) is 9.75. The molecule has 44 valence electrons. The number of azo groups is 1. The second-order valence-electron chi connectivity index (χ2n) is 1.67. The van der Waals surface area contributed by atoms with Crippen LogP contribution in [0.1, 0.15) is 13.8 Å². The molecule has 0 aliphatic heterocycles. The Morgan fingerprint density at radius 2 is 1.25 bits per heavy atom. The quantitative estimate of drug-likeness (QED) is 0.488. The number of hydrogen-bond acceptors (Lipinski definition) is 2. The topological polar surface area (TPSA) is 24.7 Å². The van der Waals surface area contributed by atoms with E-state index in [0.29, 0.717) is 11.4 Å². The summed E-state index contributed by atoms with van der Waals surface area (Å²) in [5, 5.41) is 7.31. The van der Waals surface area contributed by atoms with E-state index >= 15 is 0 Å². The maximum Gasteiger partial charge on any atom is 0.0528 e. The zero-order chi connectivity index (χ0) is 6.57. The van der Waals surface area contributed by atoms with Gasteiger partial charge >= 0.3 is 0 Å². The fraction of sp³-hybridized carbons (Fsp3) is 0.333. The van der Waals surface area contributed by atoms with Crippen molar-refractivity contribution in [1.82, 2.24) is 0 Å². The lowest BCUT2D eigenvalue weighted by Gasteiger charge is -1.82. The molecule has 0 bridgehead atoms. The summed E-state index contributed by atoms with van der Waals surface area (Å²) in [7, 11) is 0. The van der Waals surface area contributed by atoms with Crippen LogP contribution in [0, 0.1) is 0 Å². The highest BCUT2D eigenvalue weighted by atomic mass is 15.1. The summed E-state index contributed by atoms with van der Waals surface area (Å²) in [4.78, 5) is 0. The highest BCUT2D eigenvalue weighted by Crippen LogP contribution is 1.95. The van der Waals surface area contributed by atoms with Crippen molar-refractivity contribution in [3.8, 4) is 0 Å². The molecule has 0 rings (SSSR count). The molecule has 2 nitrogen and oxygen atoms in total. The van der Waals surface area contributed by atoms with Gasteiger partial charge in [-0.1, -0.05) is 13.2 Å². The van der Waals surface area contributed by atoms with Crippen molar-refractivity contribution in [2.24, 2.45) is 10.2 Å². The van der Waals surface area contributed by atoms with Gasteiger partial charge in [0, 0.05) is 0 Å². The second kappa shape index (κ2) is 3.13.